The highest BCUT2D eigenvalue weighted by molar-refractivity contribution is 7.80. The van der Waals surface area contributed by atoms with Crippen LogP contribution in [-0.2, 0) is 0 Å². The molecule has 0 atom stereocenters. The predicted molar refractivity (Wildman–Crippen MR) is 63.8 cm³/mol. The average molecular weight is 293 g/mol. The van der Waals surface area contributed by atoms with E-state index >= 15 is 0 Å². The summed E-state index contributed by atoms with van der Waals surface area (Å²) in [4.78, 5) is 12.8. The third-order valence-electron chi connectivity index (χ3n) is 2.79. The maximum atomic E-state index is 13.0. The van der Waals surface area contributed by atoms with Crippen LogP contribution in [0.2, 0.25) is 0 Å². The fourth-order valence-corrected chi connectivity index (χ4v) is 1.97. The van der Waals surface area contributed by atoms with Gasteiger partial charge in [0.2, 0.25) is 0 Å². The summed E-state index contributed by atoms with van der Waals surface area (Å²) in [5, 5.41) is 0. The molecule has 104 valence electrons. The van der Waals surface area contributed by atoms with Crippen LogP contribution in [0.1, 0.15) is 23.2 Å². The van der Waals surface area contributed by atoms with E-state index in [1.54, 1.807) is 0 Å². The van der Waals surface area contributed by atoms with Crippen molar-refractivity contribution in [3.63, 3.8) is 0 Å². The van der Waals surface area contributed by atoms with Crippen LogP contribution in [0.4, 0.5) is 17.6 Å². The molecule has 1 aromatic carbocycles. The molecule has 2 rings (SSSR count). The van der Waals surface area contributed by atoms with Crippen molar-refractivity contribution < 1.29 is 22.4 Å². The molecule has 0 bridgehead atoms. The van der Waals surface area contributed by atoms with E-state index in [0.29, 0.717) is 12.8 Å². The molecule has 0 aromatic heterocycles. The number of amides is 1. The van der Waals surface area contributed by atoms with Crippen LogP contribution in [0.3, 0.4) is 0 Å². The molecule has 2 nitrogen and oxygen atoms in total. The Hall–Kier alpha value is -1.24. The molecule has 0 spiro atoms. The minimum Gasteiger partial charge on any atom is -0.327 e. The number of carbonyl (C=O) groups excluding carboxylic acids is 1. The zero-order valence-electron chi connectivity index (χ0n) is 9.75. The number of benzene rings is 1. The number of alkyl halides is 3. The van der Waals surface area contributed by atoms with Crippen LogP contribution in [0.15, 0.2) is 23.1 Å². The van der Waals surface area contributed by atoms with Crippen molar-refractivity contribution >= 4 is 18.5 Å². The van der Waals surface area contributed by atoms with E-state index in [4.69, 9.17) is 0 Å². The number of thiol groups is 1. The zero-order valence-corrected chi connectivity index (χ0v) is 10.6. The van der Waals surface area contributed by atoms with Crippen molar-refractivity contribution in [2.24, 2.45) is 0 Å². The lowest BCUT2D eigenvalue weighted by atomic mass is 10.2. The van der Waals surface area contributed by atoms with Crippen molar-refractivity contribution in [2.45, 2.75) is 30.0 Å². The van der Waals surface area contributed by atoms with Crippen molar-refractivity contribution in [2.75, 3.05) is 6.54 Å². The van der Waals surface area contributed by atoms with E-state index < -0.39 is 24.4 Å². The summed E-state index contributed by atoms with van der Waals surface area (Å²) in [6, 6.07) is 2.96. The van der Waals surface area contributed by atoms with Crippen LogP contribution >= 0.6 is 12.6 Å². The van der Waals surface area contributed by atoms with Gasteiger partial charge in [0.25, 0.3) is 5.91 Å². The first-order chi connectivity index (χ1) is 8.78. The normalized spacial score (nSPS) is 15.4. The molecular weight excluding hydrogens is 282 g/mol. The molecule has 1 aromatic rings. The molecule has 0 heterocycles. The minimum atomic E-state index is -4.44. The average Bonchev–Trinajstić information content (AvgIpc) is 3.11. The number of halogens is 4. The van der Waals surface area contributed by atoms with E-state index in [9.17, 15) is 22.4 Å². The standard InChI is InChI=1S/C12H11F4NOS/c13-9-4-1-7(5-10(9)19)11(18)17(8-2-3-8)6-12(14,15)16/h1,4-5,8,19H,2-3,6H2. The molecule has 1 amide bonds. The smallest absolute Gasteiger partial charge is 0.327 e. The Morgan fingerprint density at radius 3 is 2.47 bits per heavy atom. The monoisotopic (exact) mass is 293 g/mol. The summed E-state index contributed by atoms with van der Waals surface area (Å²) < 4.78 is 50.4. The highest BCUT2D eigenvalue weighted by atomic mass is 32.1. The summed E-state index contributed by atoms with van der Waals surface area (Å²) in [6.45, 7) is -1.28. The highest BCUT2D eigenvalue weighted by Gasteiger charge is 2.40. The van der Waals surface area contributed by atoms with Gasteiger partial charge in [-0.1, -0.05) is 0 Å². The van der Waals surface area contributed by atoms with E-state index in [2.05, 4.69) is 12.6 Å². The number of hydrogen-bond donors (Lipinski definition) is 1. The first kappa shape index (κ1) is 14.2. The number of carbonyl (C=O) groups is 1. The van der Waals surface area contributed by atoms with Crippen molar-refractivity contribution in [3.05, 3.63) is 29.6 Å². The molecule has 19 heavy (non-hydrogen) atoms. The van der Waals surface area contributed by atoms with Gasteiger partial charge in [-0.05, 0) is 31.0 Å². The minimum absolute atomic E-state index is 0.0162. The van der Waals surface area contributed by atoms with Gasteiger partial charge in [0.05, 0.1) is 0 Å². The Bertz CT molecular complexity index is 499. The second-order valence-electron chi connectivity index (χ2n) is 4.45. The fourth-order valence-electron chi connectivity index (χ4n) is 1.76. The van der Waals surface area contributed by atoms with Crippen LogP contribution < -0.4 is 0 Å². The van der Waals surface area contributed by atoms with Crippen LogP contribution in [0.5, 0.6) is 0 Å². The summed E-state index contributed by atoms with van der Waals surface area (Å²) in [7, 11) is 0. The van der Waals surface area contributed by atoms with Gasteiger partial charge in [0.15, 0.2) is 0 Å². The Labute approximate surface area is 112 Å². The Balaban J connectivity index is 2.21. The molecule has 7 heteroatoms. The molecule has 0 unspecified atom stereocenters. The Morgan fingerprint density at radius 1 is 1.37 bits per heavy atom. The number of nitrogens with zero attached hydrogens (tertiary/aromatic N) is 1. The first-order valence-corrected chi connectivity index (χ1v) is 6.09. The topological polar surface area (TPSA) is 20.3 Å². The second-order valence-corrected chi connectivity index (χ2v) is 4.93. The van der Waals surface area contributed by atoms with Gasteiger partial charge >= 0.3 is 6.18 Å². The van der Waals surface area contributed by atoms with Crippen LogP contribution in [0.25, 0.3) is 0 Å². The summed E-state index contributed by atoms with van der Waals surface area (Å²) >= 11 is 3.82. The largest absolute Gasteiger partial charge is 0.406 e. The van der Waals surface area contributed by atoms with Gasteiger partial charge in [-0.15, -0.1) is 12.6 Å². The Morgan fingerprint density at radius 2 is 2.00 bits per heavy atom. The maximum absolute atomic E-state index is 13.0. The van der Waals surface area contributed by atoms with Crippen molar-refractivity contribution in [1.29, 1.82) is 0 Å². The van der Waals surface area contributed by atoms with E-state index in [0.717, 1.165) is 17.0 Å². The quantitative estimate of drug-likeness (QED) is 0.670. The molecule has 1 aliphatic carbocycles. The first-order valence-electron chi connectivity index (χ1n) is 5.64. The summed E-state index contributed by atoms with van der Waals surface area (Å²) in [5.41, 5.74) is 0.0162. The van der Waals surface area contributed by atoms with Gasteiger partial charge in [-0.3, -0.25) is 4.79 Å². The van der Waals surface area contributed by atoms with Gasteiger partial charge in [-0.25, -0.2) is 4.39 Å². The molecule has 0 radical (unpaired) electrons. The SMILES string of the molecule is O=C(c1ccc(F)c(S)c1)N(CC(F)(F)F)C1CC1. The highest BCUT2D eigenvalue weighted by Crippen LogP contribution is 2.31. The molecule has 0 N–H and O–H groups in total. The molecule has 1 aliphatic rings. The number of rotatable bonds is 3. The van der Waals surface area contributed by atoms with Gasteiger partial charge < -0.3 is 4.90 Å². The molecule has 1 saturated carbocycles. The molecule has 0 aliphatic heterocycles. The fraction of sp³-hybridized carbons (Fsp3) is 0.417. The Kier molecular flexibility index (Phi) is 3.75. The molecule has 1 fully saturated rings. The van der Waals surface area contributed by atoms with Gasteiger partial charge in [0, 0.05) is 16.5 Å². The van der Waals surface area contributed by atoms with Crippen molar-refractivity contribution in [1.82, 2.24) is 4.90 Å². The lowest BCUT2D eigenvalue weighted by molar-refractivity contribution is -0.141. The lowest BCUT2D eigenvalue weighted by Gasteiger charge is -2.23. The molecular formula is C12H11F4NOS. The number of hydrogen-bond acceptors (Lipinski definition) is 2. The van der Waals surface area contributed by atoms with E-state index in [1.807, 2.05) is 0 Å². The van der Waals surface area contributed by atoms with Gasteiger partial charge in [0.1, 0.15) is 12.4 Å². The van der Waals surface area contributed by atoms with Crippen LogP contribution in [0, 0.1) is 5.82 Å². The van der Waals surface area contributed by atoms with E-state index in [1.165, 1.54) is 6.07 Å². The predicted octanol–water partition coefficient (Wildman–Crippen LogP) is 3.28. The second kappa shape index (κ2) is 5.03. The maximum Gasteiger partial charge on any atom is 0.406 e. The summed E-state index contributed by atoms with van der Waals surface area (Å²) in [6.07, 6.45) is -3.31. The third kappa shape index (κ3) is 3.62. The van der Waals surface area contributed by atoms with Crippen molar-refractivity contribution in [3.8, 4) is 0 Å². The lowest BCUT2D eigenvalue weighted by Crippen LogP contribution is -2.40. The summed E-state index contributed by atoms with van der Waals surface area (Å²) in [5.74, 6) is -1.36. The molecule has 0 saturated heterocycles. The third-order valence-corrected chi connectivity index (χ3v) is 3.13. The zero-order chi connectivity index (χ0) is 14.2. The van der Waals surface area contributed by atoms with Gasteiger partial charge in [-0.2, -0.15) is 13.2 Å². The van der Waals surface area contributed by atoms with Crippen LogP contribution in [-0.4, -0.2) is 29.6 Å². The van der Waals surface area contributed by atoms with E-state index in [-0.39, 0.29) is 16.5 Å².